The van der Waals surface area contributed by atoms with Gasteiger partial charge in [0.1, 0.15) is 11.5 Å². The molecule has 6 nitrogen and oxygen atoms in total. The molecule has 0 aliphatic heterocycles. The summed E-state index contributed by atoms with van der Waals surface area (Å²) < 4.78 is 4.99. The number of ether oxygens (including phenoxy) is 1. The van der Waals surface area contributed by atoms with Crippen molar-refractivity contribution in [2.45, 2.75) is 13.3 Å². The third-order valence-corrected chi connectivity index (χ3v) is 3.40. The molecule has 0 spiro atoms. The highest BCUT2D eigenvalue weighted by Crippen LogP contribution is 2.28. The van der Waals surface area contributed by atoms with Crippen molar-refractivity contribution < 1.29 is 11.0 Å². The molecular weight excluding hydrogens is 316 g/mol. The average Bonchev–Trinajstić information content (AvgIpc) is 2.96. The van der Waals surface area contributed by atoms with Gasteiger partial charge in [0.2, 0.25) is 0 Å². The van der Waals surface area contributed by atoms with Gasteiger partial charge in [0.05, 0.1) is 17.3 Å². The van der Waals surface area contributed by atoms with E-state index < -0.39 is 6.09 Å². The molecule has 1 amide bonds. The fourth-order valence-electron chi connectivity index (χ4n) is 2.18. The number of nitrogens with one attached hydrogen (secondary N) is 2. The predicted octanol–water partition coefficient (Wildman–Crippen LogP) is 4.48. The molecule has 0 atom stereocenters. The number of halogens is 1. The van der Waals surface area contributed by atoms with Crippen LogP contribution in [0.4, 0.5) is 10.6 Å². The van der Waals surface area contributed by atoms with Crippen molar-refractivity contribution in [3.8, 4) is 11.3 Å². The highest BCUT2D eigenvalue weighted by Gasteiger charge is 2.10. The van der Waals surface area contributed by atoms with Gasteiger partial charge in [0.25, 0.3) is 0 Å². The van der Waals surface area contributed by atoms with E-state index in [9.17, 15) is 4.79 Å². The topological polar surface area (TPSA) is 79.9 Å². The van der Waals surface area contributed by atoms with Crippen LogP contribution < -0.4 is 5.32 Å². The van der Waals surface area contributed by atoms with Gasteiger partial charge in [-0.3, -0.25) is 5.32 Å². The smallest absolute Gasteiger partial charge is 0.412 e. The molecule has 2 N–H and O–H groups in total. The minimum atomic E-state index is -0.514. The number of carbonyl (C=O) groups excluding carboxylic acids is 1. The Bertz CT molecular complexity index is 853. The summed E-state index contributed by atoms with van der Waals surface area (Å²) in [5.41, 5.74) is 2.29. The zero-order valence-electron chi connectivity index (χ0n) is 12.5. The molecule has 23 heavy (non-hydrogen) atoms. The van der Waals surface area contributed by atoms with Crippen LogP contribution in [0.1, 0.15) is 14.8 Å². The number of fused-ring (bicyclic) bond motifs is 1. The molecule has 7 heteroatoms. The molecule has 0 aliphatic carbocycles. The normalized spacial score (nSPS) is 10.7. The molecule has 0 bridgehead atoms. The molecule has 0 fully saturated rings. The van der Waals surface area contributed by atoms with Crippen LogP contribution in [0.15, 0.2) is 36.7 Å². The molecule has 0 unspecified atom stereocenters. The Labute approximate surface area is 139 Å². The van der Waals surface area contributed by atoms with Crippen LogP contribution in [0, 0.1) is 0 Å². The minimum absolute atomic E-state index is 0. The first-order valence-electron chi connectivity index (χ1n) is 7.21. The lowest BCUT2D eigenvalue weighted by Crippen LogP contribution is -2.15. The lowest BCUT2D eigenvalue weighted by atomic mass is 10.1. The quantitative estimate of drug-likeness (QED) is 0.738. The van der Waals surface area contributed by atoms with Gasteiger partial charge >= 0.3 is 6.09 Å². The fraction of sp³-hybridized carbons (Fsp3) is 0.188. The molecule has 3 aromatic heterocycles. The van der Waals surface area contributed by atoms with Crippen molar-refractivity contribution in [1.82, 2.24) is 15.0 Å². The maximum Gasteiger partial charge on any atom is 0.412 e. The number of rotatable bonds is 4. The molecular formula is C16H17ClN4O2. The van der Waals surface area contributed by atoms with Gasteiger partial charge in [-0.05, 0) is 24.6 Å². The Morgan fingerprint density at radius 1 is 1.48 bits per heavy atom. The molecule has 3 rings (SSSR count). The molecule has 0 aromatic carbocycles. The first-order valence-corrected chi connectivity index (χ1v) is 7.59. The summed E-state index contributed by atoms with van der Waals surface area (Å²) >= 11 is 6.01. The van der Waals surface area contributed by atoms with E-state index in [1.807, 2.05) is 31.3 Å². The number of amides is 1. The van der Waals surface area contributed by atoms with Crippen molar-refractivity contribution in [3.05, 3.63) is 41.7 Å². The van der Waals surface area contributed by atoms with Gasteiger partial charge in [-0.2, -0.15) is 0 Å². The first-order chi connectivity index (χ1) is 11.2. The number of hydrogen-bond acceptors (Lipinski definition) is 4. The van der Waals surface area contributed by atoms with E-state index in [4.69, 9.17) is 16.3 Å². The Kier molecular flexibility index (Phi) is 4.43. The molecule has 0 radical (unpaired) electrons. The van der Waals surface area contributed by atoms with Crippen LogP contribution >= 0.6 is 11.6 Å². The van der Waals surface area contributed by atoms with E-state index in [-0.39, 0.29) is 1.43 Å². The standard InChI is InChI=1S/C16H15ClN4O2.H2/c1-2-6-23-16(22)21-14-5-3-4-13(20-14)12-9-19-15-11(12)7-10(17)8-18-15;/h3-5,7-9H,2,6H2,1H3,(H,18,19)(H,20,21,22);1H. The zero-order chi connectivity index (χ0) is 16.2. The van der Waals surface area contributed by atoms with E-state index in [2.05, 4.69) is 20.3 Å². The highest BCUT2D eigenvalue weighted by molar-refractivity contribution is 6.31. The minimum Gasteiger partial charge on any atom is -0.449 e. The van der Waals surface area contributed by atoms with Crippen LogP contribution in [0.3, 0.4) is 0 Å². The van der Waals surface area contributed by atoms with Crippen molar-refractivity contribution in [2.75, 3.05) is 11.9 Å². The van der Waals surface area contributed by atoms with E-state index in [1.54, 1.807) is 12.3 Å². The lowest BCUT2D eigenvalue weighted by Gasteiger charge is -2.06. The monoisotopic (exact) mass is 332 g/mol. The SMILES string of the molecule is CCCOC(=O)Nc1cccc(-c2c[nH]c3ncc(Cl)cc23)n1.[HH]. The van der Waals surface area contributed by atoms with Gasteiger partial charge in [0.15, 0.2) is 0 Å². The van der Waals surface area contributed by atoms with Gasteiger partial charge < -0.3 is 9.72 Å². The Morgan fingerprint density at radius 3 is 3.17 bits per heavy atom. The summed E-state index contributed by atoms with van der Waals surface area (Å²) in [7, 11) is 0. The van der Waals surface area contributed by atoms with E-state index in [0.717, 1.165) is 23.0 Å². The zero-order valence-corrected chi connectivity index (χ0v) is 13.2. The summed E-state index contributed by atoms with van der Waals surface area (Å²) in [6, 6.07) is 7.20. The van der Waals surface area contributed by atoms with Crippen LogP contribution in [-0.2, 0) is 4.74 Å². The summed E-state index contributed by atoms with van der Waals surface area (Å²) in [6.07, 6.45) is 3.65. The van der Waals surface area contributed by atoms with Gasteiger partial charge in [-0.1, -0.05) is 24.6 Å². The average molecular weight is 333 g/mol. The lowest BCUT2D eigenvalue weighted by molar-refractivity contribution is 0.161. The number of aromatic nitrogens is 3. The number of carbonyl (C=O) groups is 1. The third kappa shape index (κ3) is 3.43. The molecule has 0 saturated heterocycles. The van der Waals surface area contributed by atoms with Crippen molar-refractivity contribution in [3.63, 3.8) is 0 Å². The second-order valence-corrected chi connectivity index (χ2v) is 5.36. The summed E-state index contributed by atoms with van der Waals surface area (Å²) in [5, 5.41) is 4.04. The molecule has 0 aliphatic rings. The predicted molar refractivity (Wildman–Crippen MR) is 91.7 cm³/mol. The maximum absolute atomic E-state index is 11.6. The van der Waals surface area contributed by atoms with E-state index >= 15 is 0 Å². The van der Waals surface area contributed by atoms with Crippen LogP contribution in [0.2, 0.25) is 5.02 Å². The second-order valence-electron chi connectivity index (χ2n) is 4.92. The van der Waals surface area contributed by atoms with E-state index in [0.29, 0.717) is 23.1 Å². The van der Waals surface area contributed by atoms with Crippen LogP contribution in [0.25, 0.3) is 22.3 Å². The second kappa shape index (κ2) is 6.66. The Balaban J connectivity index is 0.00000208. The summed E-state index contributed by atoms with van der Waals surface area (Å²) in [5.74, 6) is 0.424. The summed E-state index contributed by atoms with van der Waals surface area (Å²) in [4.78, 5) is 23.4. The number of H-pyrrole nitrogens is 1. The maximum atomic E-state index is 11.6. The van der Waals surface area contributed by atoms with Gasteiger partial charge in [-0.25, -0.2) is 14.8 Å². The van der Waals surface area contributed by atoms with Crippen molar-refractivity contribution >= 4 is 34.5 Å². The van der Waals surface area contributed by atoms with Crippen molar-refractivity contribution in [1.29, 1.82) is 0 Å². The van der Waals surface area contributed by atoms with Gasteiger partial charge in [-0.15, -0.1) is 0 Å². The van der Waals surface area contributed by atoms with Gasteiger partial charge in [0, 0.05) is 24.8 Å². The third-order valence-electron chi connectivity index (χ3n) is 3.19. The molecule has 3 aromatic rings. The first kappa shape index (κ1) is 15.3. The van der Waals surface area contributed by atoms with Crippen LogP contribution in [0.5, 0.6) is 0 Å². The highest BCUT2D eigenvalue weighted by atomic mass is 35.5. The number of anilines is 1. The fourth-order valence-corrected chi connectivity index (χ4v) is 2.34. The summed E-state index contributed by atoms with van der Waals surface area (Å²) in [6.45, 7) is 2.31. The van der Waals surface area contributed by atoms with Crippen molar-refractivity contribution in [2.24, 2.45) is 0 Å². The molecule has 3 heterocycles. The van der Waals surface area contributed by atoms with Crippen LogP contribution in [-0.4, -0.2) is 27.7 Å². The Morgan fingerprint density at radius 2 is 2.35 bits per heavy atom. The largest absolute Gasteiger partial charge is 0.449 e. The number of pyridine rings is 2. The molecule has 120 valence electrons. The molecule has 0 saturated carbocycles. The number of aromatic amines is 1. The van der Waals surface area contributed by atoms with E-state index in [1.165, 1.54) is 0 Å². The Hall–Kier alpha value is -2.60. The number of hydrogen-bond donors (Lipinski definition) is 2. The number of nitrogens with zero attached hydrogens (tertiary/aromatic N) is 2.